The van der Waals surface area contributed by atoms with Crippen LogP contribution in [-0.4, -0.2) is 37.3 Å². The average Bonchev–Trinajstić information content (AvgIpc) is 2.46. The van der Waals surface area contributed by atoms with Crippen molar-refractivity contribution in [3.63, 3.8) is 0 Å². The maximum atomic E-state index is 11.7. The van der Waals surface area contributed by atoms with Gasteiger partial charge in [-0.05, 0) is 13.0 Å². The fourth-order valence-electron chi connectivity index (χ4n) is 1.49. The number of hydrogen-bond acceptors (Lipinski definition) is 5. The number of rotatable bonds is 5. The Balaban J connectivity index is 2.86. The third kappa shape index (κ3) is 3.86. The largest absolute Gasteiger partial charge is 0.493 e. The van der Waals surface area contributed by atoms with Gasteiger partial charge in [-0.1, -0.05) is 12.1 Å². The van der Waals surface area contributed by atoms with E-state index >= 15 is 0 Å². The summed E-state index contributed by atoms with van der Waals surface area (Å²) < 4.78 is 10.6. The van der Waals surface area contributed by atoms with Crippen molar-refractivity contribution in [2.75, 3.05) is 14.2 Å². The first kappa shape index (κ1) is 15.8. The van der Waals surface area contributed by atoms with Crippen LogP contribution in [0.2, 0.25) is 0 Å². The molecule has 1 rings (SSSR count). The number of ether oxygens (including phenoxy) is 2. The number of carbonyl (C=O) groups excluding carboxylic acids is 2. The lowest BCUT2D eigenvalue weighted by atomic mass is 10.2. The zero-order valence-electron chi connectivity index (χ0n) is 11.6. The number of benzene rings is 1. The molecule has 3 N–H and O–H groups in total. The van der Waals surface area contributed by atoms with Crippen LogP contribution < -0.4 is 20.1 Å². The SMILES string of the molecule is CNC(=O)NC(=O)C(C)Oc1c(CO)cccc1OC. The van der Waals surface area contributed by atoms with E-state index in [2.05, 4.69) is 10.6 Å². The van der Waals surface area contributed by atoms with Crippen LogP contribution >= 0.6 is 0 Å². The highest BCUT2D eigenvalue weighted by atomic mass is 16.5. The van der Waals surface area contributed by atoms with E-state index in [1.54, 1.807) is 18.2 Å². The van der Waals surface area contributed by atoms with Crippen molar-refractivity contribution in [1.29, 1.82) is 0 Å². The highest BCUT2D eigenvalue weighted by Gasteiger charge is 2.20. The van der Waals surface area contributed by atoms with E-state index < -0.39 is 18.0 Å². The molecule has 7 heteroatoms. The molecule has 0 aliphatic rings. The van der Waals surface area contributed by atoms with Gasteiger partial charge in [0.15, 0.2) is 17.6 Å². The Morgan fingerprint density at radius 3 is 2.65 bits per heavy atom. The zero-order valence-corrected chi connectivity index (χ0v) is 11.6. The van der Waals surface area contributed by atoms with Gasteiger partial charge in [-0.15, -0.1) is 0 Å². The van der Waals surface area contributed by atoms with Crippen LogP contribution in [0.25, 0.3) is 0 Å². The fourth-order valence-corrected chi connectivity index (χ4v) is 1.49. The van der Waals surface area contributed by atoms with E-state index in [-0.39, 0.29) is 12.4 Å². The smallest absolute Gasteiger partial charge is 0.321 e. The van der Waals surface area contributed by atoms with Crippen LogP contribution in [-0.2, 0) is 11.4 Å². The van der Waals surface area contributed by atoms with Crippen LogP contribution in [0.5, 0.6) is 11.5 Å². The van der Waals surface area contributed by atoms with Gasteiger partial charge < -0.3 is 19.9 Å². The van der Waals surface area contributed by atoms with E-state index in [0.717, 1.165) is 0 Å². The molecule has 3 amide bonds. The Hall–Kier alpha value is -2.28. The Kier molecular flexibility index (Phi) is 5.79. The molecule has 0 saturated heterocycles. The number of methoxy groups -OCH3 is 1. The number of imide groups is 1. The first-order valence-electron chi connectivity index (χ1n) is 5.99. The minimum atomic E-state index is -0.922. The van der Waals surface area contributed by atoms with Crippen molar-refractivity contribution in [1.82, 2.24) is 10.6 Å². The van der Waals surface area contributed by atoms with Gasteiger partial charge in [-0.3, -0.25) is 10.1 Å². The summed E-state index contributed by atoms with van der Waals surface area (Å²) in [5.74, 6) is 0.0762. The van der Waals surface area contributed by atoms with Crippen LogP contribution in [0.3, 0.4) is 0 Å². The second-order valence-corrected chi connectivity index (χ2v) is 3.94. The van der Waals surface area contributed by atoms with Crippen molar-refractivity contribution < 1.29 is 24.2 Å². The Morgan fingerprint density at radius 2 is 2.10 bits per heavy atom. The number of urea groups is 1. The summed E-state index contributed by atoms with van der Waals surface area (Å²) in [6.45, 7) is 1.24. The number of aliphatic hydroxyl groups excluding tert-OH is 1. The molecule has 0 bridgehead atoms. The third-order valence-electron chi connectivity index (χ3n) is 2.58. The molecule has 1 aromatic carbocycles. The molecule has 7 nitrogen and oxygen atoms in total. The topological polar surface area (TPSA) is 96.9 Å². The minimum Gasteiger partial charge on any atom is -0.493 e. The second kappa shape index (κ2) is 7.34. The third-order valence-corrected chi connectivity index (χ3v) is 2.58. The van der Waals surface area contributed by atoms with Crippen LogP contribution in [0, 0.1) is 0 Å². The number of nitrogens with one attached hydrogen (secondary N) is 2. The summed E-state index contributed by atoms with van der Waals surface area (Å²) >= 11 is 0. The normalized spacial score (nSPS) is 11.4. The quantitative estimate of drug-likeness (QED) is 0.727. The van der Waals surface area contributed by atoms with E-state index in [1.807, 2.05) is 0 Å². The van der Waals surface area contributed by atoms with Gasteiger partial charge in [-0.25, -0.2) is 4.79 Å². The standard InChI is InChI=1S/C13H18N2O5/c1-8(12(17)15-13(18)14-2)20-11-9(7-16)5-4-6-10(11)19-3/h4-6,8,16H,7H2,1-3H3,(H2,14,15,17,18). The van der Waals surface area contributed by atoms with Crippen molar-refractivity contribution >= 4 is 11.9 Å². The Bertz CT molecular complexity index is 467. The first-order valence-corrected chi connectivity index (χ1v) is 5.99. The van der Waals surface area contributed by atoms with E-state index in [9.17, 15) is 14.7 Å². The predicted molar refractivity (Wildman–Crippen MR) is 71.6 cm³/mol. The molecular weight excluding hydrogens is 264 g/mol. The Morgan fingerprint density at radius 1 is 1.40 bits per heavy atom. The van der Waals surface area contributed by atoms with Gasteiger partial charge in [0, 0.05) is 12.6 Å². The summed E-state index contributed by atoms with van der Waals surface area (Å²) in [5.41, 5.74) is 0.490. The van der Waals surface area contributed by atoms with Gasteiger partial charge in [0.1, 0.15) is 0 Å². The summed E-state index contributed by atoms with van der Waals surface area (Å²) in [5, 5.41) is 13.6. The number of para-hydroxylation sites is 1. The summed E-state index contributed by atoms with van der Waals surface area (Å²) in [6.07, 6.45) is -0.922. The lowest BCUT2D eigenvalue weighted by Crippen LogP contribution is -2.44. The monoisotopic (exact) mass is 282 g/mol. The van der Waals surface area contributed by atoms with Crippen molar-refractivity contribution in [2.45, 2.75) is 19.6 Å². The molecule has 0 aliphatic carbocycles. The summed E-state index contributed by atoms with van der Waals surface area (Å²) in [4.78, 5) is 22.8. The van der Waals surface area contributed by atoms with Gasteiger partial charge >= 0.3 is 6.03 Å². The van der Waals surface area contributed by atoms with Gasteiger partial charge in [0.05, 0.1) is 13.7 Å². The fraction of sp³-hybridized carbons (Fsp3) is 0.385. The second-order valence-electron chi connectivity index (χ2n) is 3.94. The Labute approximate surface area is 116 Å². The molecule has 0 aliphatic heterocycles. The first-order chi connectivity index (χ1) is 9.53. The molecule has 1 aromatic rings. The number of carbonyl (C=O) groups is 2. The molecule has 0 fully saturated rings. The van der Waals surface area contributed by atoms with Crippen LogP contribution in [0.4, 0.5) is 4.79 Å². The van der Waals surface area contributed by atoms with Crippen LogP contribution in [0.15, 0.2) is 18.2 Å². The molecule has 110 valence electrons. The van der Waals surface area contributed by atoms with Gasteiger partial charge in [0.25, 0.3) is 5.91 Å². The maximum absolute atomic E-state index is 11.7. The van der Waals surface area contributed by atoms with E-state index in [1.165, 1.54) is 21.1 Å². The summed E-state index contributed by atoms with van der Waals surface area (Å²) in [7, 11) is 2.86. The molecule has 0 radical (unpaired) electrons. The lowest BCUT2D eigenvalue weighted by Gasteiger charge is -2.18. The van der Waals surface area contributed by atoms with Crippen LogP contribution in [0.1, 0.15) is 12.5 Å². The molecule has 0 heterocycles. The maximum Gasteiger partial charge on any atom is 0.321 e. The van der Waals surface area contributed by atoms with Crippen molar-refractivity contribution in [3.05, 3.63) is 23.8 Å². The number of hydrogen-bond donors (Lipinski definition) is 3. The highest BCUT2D eigenvalue weighted by Crippen LogP contribution is 2.31. The van der Waals surface area contributed by atoms with E-state index in [0.29, 0.717) is 11.3 Å². The molecule has 0 spiro atoms. The van der Waals surface area contributed by atoms with Gasteiger partial charge in [-0.2, -0.15) is 0 Å². The average molecular weight is 282 g/mol. The van der Waals surface area contributed by atoms with Crippen molar-refractivity contribution in [2.24, 2.45) is 0 Å². The lowest BCUT2D eigenvalue weighted by molar-refractivity contribution is -0.126. The molecule has 1 unspecified atom stereocenters. The van der Waals surface area contributed by atoms with E-state index in [4.69, 9.17) is 9.47 Å². The number of aliphatic hydroxyl groups is 1. The molecule has 1 atom stereocenters. The summed E-state index contributed by atoms with van der Waals surface area (Å²) in [6, 6.07) is 4.39. The number of amides is 3. The predicted octanol–water partition coefficient (Wildman–Crippen LogP) is 0.410. The highest BCUT2D eigenvalue weighted by molar-refractivity contribution is 5.96. The molecule has 0 saturated carbocycles. The van der Waals surface area contributed by atoms with Gasteiger partial charge in [0.2, 0.25) is 0 Å². The zero-order chi connectivity index (χ0) is 15.1. The van der Waals surface area contributed by atoms with Crippen molar-refractivity contribution in [3.8, 4) is 11.5 Å². The minimum absolute atomic E-state index is 0.254. The molecule has 20 heavy (non-hydrogen) atoms. The molecular formula is C13H18N2O5. The molecule has 0 aromatic heterocycles.